The molecule has 0 bridgehead atoms. The van der Waals surface area contributed by atoms with Gasteiger partial charge in [-0.25, -0.2) is 9.97 Å². The lowest BCUT2D eigenvalue weighted by atomic mass is 10.1. The van der Waals surface area contributed by atoms with E-state index in [-0.39, 0.29) is 23.9 Å². The molecular weight excluding hydrogens is 383 g/mol. The van der Waals surface area contributed by atoms with Crippen LogP contribution in [0.2, 0.25) is 0 Å². The molecule has 1 fully saturated rings. The van der Waals surface area contributed by atoms with Crippen LogP contribution in [0.1, 0.15) is 48.9 Å². The maximum absolute atomic E-state index is 12.1. The second-order valence-corrected chi connectivity index (χ2v) is 6.84. The molecule has 1 N–H and O–H groups in total. The summed E-state index contributed by atoms with van der Waals surface area (Å²) in [4.78, 5) is 19.5. The SMILES string of the molecule is C[C@H](NC(=O)C1CC1)c1ccc(C#Cc2cnc(OCCC(F)(F)F)nc2)cc1. The van der Waals surface area contributed by atoms with Crippen LogP contribution in [0.3, 0.4) is 0 Å². The fourth-order valence-corrected chi connectivity index (χ4v) is 2.47. The molecule has 1 aromatic heterocycles. The van der Waals surface area contributed by atoms with Gasteiger partial charge in [-0.05, 0) is 37.5 Å². The van der Waals surface area contributed by atoms with E-state index in [0.717, 1.165) is 24.0 Å². The normalized spacial score (nSPS) is 14.5. The van der Waals surface area contributed by atoms with Gasteiger partial charge in [0.05, 0.1) is 18.0 Å². The molecule has 0 unspecified atom stereocenters. The van der Waals surface area contributed by atoms with Gasteiger partial charge in [0, 0.05) is 23.9 Å². The molecule has 1 aromatic carbocycles. The maximum Gasteiger partial charge on any atom is 0.392 e. The Kier molecular flexibility index (Phi) is 6.37. The molecule has 1 amide bonds. The summed E-state index contributed by atoms with van der Waals surface area (Å²) >= 11 is 0. The van der Waals surface area contributed by atoms with Crippen LogP contribution >= 0.6 is 0 Å². The summed E-state index contributed by atoms with van der Waals surface area (Å²) in [7, 11) is 0. The van der Waals surface area contributed by atoms with Crippen molar-refractivity contribution in [2.24, 2.45) is 5.92 Å². The van der Waals surface area contributed by atoms with Gasteiger partial charge in [-0.3, -0.25) is 4.79 Å². The van der Waals surface area contributed by atoms with Gasteiger partial charge < -0.3 is 10.1 Å². The van der Waals surface area contributed by atoms with E-state index in [4.69, 9.17) is 4.74 Å². The summed E-state index contributed by atoms with van der Waals surface area (Å²) < 4.78 is 41.1. The molecule has 29 heavy (non-hydrogen) atoms. The average molecular weight is 403 g/mol. The first-order valence-electron chi connectivity index (χ1n) is 9.24. The van der Waals surface area contributed by atoms with E-state index < -0.39 is 19.2 Å². The number of hydrogen-bond acceptors (Lipinski definition) is 4. The van der Waals surface area contributed by atoms with Crippen molar-refractivity contribution in [2.45, 2.75) is 38.4 Å². The number of nitrogens with one attached hydrogen (secondary N) is 1. The first-order valence-corrected chi connectivity index (χ1v) is 9.24. The highest BCUT2D eigenvalue weighted by molar-refractivity contribution is 5.81. The van der Waals surface area contributed by atoms with Crippen LogP contribution in [0.15, 0.2) is 36.7 Å². The number of aromatic nitrogens is 2. The summed E-state index contributed by atoms with van der Waals surface area (Å²) in [6, 6.07) is 7.36. The van der Waals surface area contributed by atoms with Crippen LogP contribution in [0.5, 0.6) is 6.01 Å². The number of rotatable bonds is 6. The third kappa shape index (κ3) is 6.79. The molecule has 1 aliphatic rings. The smallest absolute Gasteiger partial charge is 0.392 e. The van der Waals surface area contributed by atoms with Gasteiger partial charge >= 0.3 is 12.2 Å². The summed E-state index contributed by atoms with van der Waals surface area (Å²) in [6.45, 7) is 1.41. The quantitative estimate of drug-likeness (QED) is 0.746. The van der Waals surface area contributed by atoms with E-state index >= 15 is 0 Å². The van der Waals surface area contributed by atoms with Gasteiger partial charge in [-0.2, -0.15) is 13.2 Å². The Bertz CT molecular complexity index is 896. The Morgan fingerprint density at radius 3 is 2.38 bits per heavy atom. The monoisotopic (exact) mass is 403 g/mol. The van der Waals surface area contributed by atoms with Crippen LogP contribution in [0.25, 0.3) is 0 Å². The lowest BCUT2D eigenvalue weighted by molar-refractivity contribution is -0.139. The molecule has 0 saturated heterocycles. The van der Waals surface area contributed by atoms with Gasteiger partial charge in [0.25, 0.3) is 0 Å². The second-order valence-electron chi connectivity index (χ2n) is 6.84. The van der Waals surface area contributed by atoms with E-state index in [2.05, 4.69) is 27.1 Å². The zero-order valence-electron chi connectivity index (χ0n) is 15.8. The minimum absolute atomic E-state index is 0.0663. The highest BCUT2D eigenvalue weighted by Crippen LogP contribution is 2.29. The van der Waals surface area contributed by atoms with Crippen molar-refractivity contribution in [1.82, 2.24) is 15.3 Å². The first-order chi connectivity index (χ1) is 13.8. The molecule has 0 aliphatic heterocycles. The third-order valence-electron chi connectivity index (χ3n) is 4.31. The lowest BCUT2D eigenvalue weighted by Gasteiger charge is -2.14. The number of benzene rings is 1. The van der Waals surface area contributed by atoms with Crippen molar-refractivity contribution in [3.05, 3.63) is 53.3 Å². The average Bonchev–Trinajstić information content (AvgIpc) is 3.52. The predicted octanol–water partition coefficient (Wildman–Crippen LogP) is 3.79. The third-order valence-corrected chi connectivity index (χ3v) is 4.31. The molecular formula is C21H20F3N3O2. The Labute approximate surface area is 166 Å². The number of amides is 1. The van der Waals surface area contributed by atoms with Gasteiger partial charge in [0.15, 0.2) is 0 Å². The first kappa shape index (κ1) is 20.6. The topological polar surface area (TPSA) is 64.1 Å². The summed E-state index contributed by atoms with van der Waals surface area (Å²) in [5.74, 6) is 6.14. The van der Waals surface area contributed by atoms with E-state index in [1.807, 2.05) is 31.2 Å². The van der Waals surface area contributed by atoms with Crippen molar-refractivity contribution < 1.29 is 22.7 Å². The van der Waals surface area contributed by atoms with E-state index in [9.17, 15) is 18.0 Å². The van der Waals surface area contributed by atoms with Crippen molar-refractivity contribution >= 4 is 5.91 Å². The van der Waals surface area contributed by atoms with E-state index in [1.165, 1.54) is 12.4 Å². The van der Waals surface area contributed by atoms with E-state index in [0.29, 0.717) is 5.56 Å². The van der Waals surface area contributed by atoms with Crippen LogP contribution < -0.4 is 10.1 Å². The Morgan fingerprint density at radius 1 is 1.17 bits per heavy atom. The number of nitrogens with zero attached hydrogens (tertiary/aromatic N) is 2. The molecule has 8 heteroatoms. The number of ether oxygens (including phenoxy) is 1. The van der Waals surface area contributed by atoms with Gasteiger partial charge in [-0.1, -0.05) is 24.0 Å². The molecule has 0 spiro atoms. The Morgan fingerprint density at radius 2 is 1.79 bits per heavy atom. The lowest BCUT2D eigenvalue weighted by Crippen LogP contribution is -2.27. The molecule has 1 heterocycles. The number of alkyl halides is 3. The molecule has 3 rings (SSSR count). The highest BCUT2D eigenvalue weighted by atomic mass is 19.4. The largest absolute Gasteiger partial charge is 0.463 e. The Balaban J connectivity index is 1.53. The number of carbonyl (C=O) groups excluding carboxylic acids is 1. The van der Waals surface area contributed by atoms with Gasteiger partial charge in [0.2, 0.25) is 5.91 Å². The summed E-state index contributed by atoms with van der Waals surface area (Å²) in [5.41, 5.74) is 2.29. The second kappa shape index (κ2) is 8.95. The van der Waals surface area contributed by atoms with E-state index in [1.54, 1.807) is 0 Å². The summed E-state index contributed by atoms with van der Waals surface area (Å²) in [5, 5.41) is 3.00. The molecule has 0 radical (unpaired) electrons. The van der Waals surface area contributed by atoms with Gasteiger partial charge in [0.1, 0.15) is 6.61 Å². The number of hydrogen-bond donors (Lipinski definition) is 1. The van der Waals surface area contributed by atoms with Crippen LogP contribution in [-0.4, -0.2) is 28.7 Å². The van der Waals surface area contributed by atoms with Gasteiger partial charge in [-0.15, -0.1) is 0 Å². The fourth-order valence-electron chi connectivity index (χ4n) is 2.47. The molecule has 152 valence electrons. The number of halogens is 3. The fraction of sp³-hybridized carbons (Fsp3) is 0.381. The minimum Gasteiger partial charge on any atom is -0.463 e. The predicted molar refractivity (Wildman–Crippen MR) is 99.9 cm³/mol. The minimum atomic E-state index is -4.28. The van der Waals surface area contributed by atoms with Crippen LogP contribution in [-0.2, 0) is 4.79 Å². The maximum atomic E-state index is 12.1. The molecule has 5 nitrogen and oxygen atoms in total. The molecule has 1 saturated carbocycles. The van der Waals surface area contributed by atoms with Crippen molar-refractivity contribution in [3.63, 3.8) is 0 Å². The van der Waals surface area contributed by atoms with Crippen molar-refractivity contribution in [2.75, 3.05) is 6.61 Å². The Hall–Kier alpha value is -3.08. The summed E-state index contributed by atoms with van der Waals surface area (Å²) in [6.07, 6.45) is -0.604. The van der Waals surface area contributed by atoms with Crippen LogP contribution in [0.4, 0.5) is 13.2 Å². The molecule has 1 aliphatic carbocycles. The molecule has 1 atom stereocenters. The zero-order chi connectivity index (χ0) is 20.9. The van der Waals surface area contributed by atoms with Crippen molar-refractivity contribution in [1.29, 1.82) is 0 Å². The zero-order valence-corrected chi connectivity index (χ0v) is 15.8. The van der Waals surface area contributed by atoms with Crippen molar-refractivity contribution in [3.8, 4) is 17.9 Å². The van der Waals surface area contributed by atoms with Crippen LogP contribution in [0, 0.1) is 17.8 Å². The molecule has 2 aromatic rings. The number of carbonyl (C=O) groups is 1. The highest BCUT2D eigenvalue weighted by Gasteiger charge is 2.30. The standard InChI is InChI=1S/C21H20F3N3O2/c1-14(27-19(28)18-8-9-18)17-6-4-15(5-7-17)2-3-16-12-25-20(26-13-16)29-11-10-21(22,23)24/h4-7,12-14,18H,8-11H2,1H3,(H,27,28)/t14-/m0/s1.